The van der Waals surface area contributed by atoms with Gasteiger partial charge >= 0.3 is 5.97 Å². The highest BCUT2D eigenvalue weighted by atomic mass is 16.5. The van der Waals surface area contributed by atoms with E-state index in [0.717, 1.165) is 0 Å². The number of carbonyl (C=O) groups excluding carboxylic acids is 1. The second kappa shape index (κ2) is 7.51. The number of hydrogen-bond donors (Lipinski definition) is 2. The molecule has 0 aliphatic heterocycles. The lowest BCUT2D eigenvalue weighted by molar-refractivity contribution is -0.144. The molecular formula is C12H17NO4. The minimum absolute atomic E-state index is 0.0209. The first kappa shape index (κ1) is 13.3. The zero-order chi connectivity index (χ0) is 12.5. The molecule has 0 saturated carbocycles. The predicted molar refractivity (Wildman–Crippen MR) is 63.6 cm³/mol. The summed E-state index contributed by atoms with van der Waals surface area (Å²) in [5, 5.41) is 8.50. The monoisotopic (exact) mass is 239 g/mol. The number of carbonyl (C=O) groups is 1. The van der Waals surface area contributed by atoms with Gasteiger partial charge in [0.15, 0.2) is 0 Å². The van der Waals surface area contributed by atoms with Gasteiger partial charge in [0.2, 0.25) is 0 Å². The summed E-state index contributed by atoms with van der Waals surface area (Å²) in [6.45, 7) is 0.516. The Morgan fingerprint density at radius 1 is 1.35 bits per heavy atom. The van der Waals surface area contributed by atoms with Crippen molar-refractivity contribution in [1.82, 2.24) is 0 Å². The molecule has 94 valence electrons. The van der Waals surface area contributed by atoms with Crippen LogP contribution in [0.5, 0.6) is 5.75 Å². The highest BCUT2D eigenvalue weighted by Crippen LogP contribution is 2.14. The summed E-state index contributed by atoms with van der Waals surface area (Å²) < 4.78 is 10.2. The van der Waals surface area contributed by atoms with Gasteiger partial charge in [0.05, 0.1) is 19.6 Å². The summed E-state index contributed by atoms with van der Waals surface area (Å²) in [5.41, 5.74) is 6.19. The van der Waals surface area contributed by atoms with Crippen molar-refractivity contribution in [2.75, 3.05) is 25.6 Å². The van der Waals surface area contributed by atoms with Crippen molar-refractivity contribution in [2.45, 2.75) is 12.8 Å². The minimum Gasteiger partial charge on any atom is -0.493 e. The van der Waals surface area contributed by atoms with Gasteiger partial charge in [-0.25, -0.2) is 0 Å². The molecule has 0 atom stereocenters. The Bertz CT molecular complexity index is 354. The average molecular weight is 239 g/mol. The Hall–Kier alpha value is -1.75. The quantitative estimate of drug-likeness (QED) is 0.421. The van der Waals surface area contributed by atoms with Crippen LogP contribution in [-0.2, 0) is 9.53 Å². The molecule has 0 aliphatic carbocycles. The molecule has 5 nitrogen and oxygen atoms in total. The molecule has 0 unspecified atom stereocenters. The molecule has 1 rings (SSSR count). The predicted octanol–water partition coefficient (Wildman–Crippen LogP) is 0.963. The van der Waals surface area contributed by atoms with Gasteiger partial charge in [0.1, 0.15) is 5.75 Å². The first-order valence-electron chi connectivity index (χ1n) is 5.47. The molecule has 17 heavy (non-hydrogen) atoms. The smallest absolute Gasteiger partial charge is 0.309 e. The Kier molecular flexibility index (Phi) is 5.88. The molecular weight excluding hydrogens is 222 g/mol. The Morgan fingerprint density at radius 2 is 2.18 bits per heavy atom. The summed E-state index contributed by atoms with van der Waals surface area (Å²) in [7, 11) is 0. The largest absolute Gasteiger partial charge is 0.493 e. The number of ether oxygens (including phenoxy) is 2. The number of hydrogen-bond acceptors (Lipinski definition) is 5. The van der Waals surface area contributed by atoms with Crippen LogP contribution in [0.25, 0.3) is 0 Å². The van der Waals surface area contributed by atoms with Gasteiger partial charge < -0.3 is 20.3 Å². The number of benzene rings is 1. The fourth-order valence-electron chi connectivity index (χ4n) is 1.18. The summed E-state index contributed by atoms with van der Waals surface area (Å²) in [6, 6.07) is 7.00. The Balaban J connectivity index is 2.17. The van der Waals surface area contributed by atoms with Crippen molar-refractivity contribution in [2.24, 2.45) is 0 Å². The third-order valence-electron chi connectivity index (χ3n) is 2.00. The summed E-state index contributed by atoms with van der Waals surface area (Å²) in [5.74, 6) is 0.301. The SMILES string of the molecule is Nc1cccc(OCCC(=O)OCCCO)c1. The standard InChI is InChI=1S/C12H17NO4/c13-10-3-1-4-11(9-10)16-8-5-12(15)17-7-2-6-14/h1,3-4,9,14H,2,5-8,13H2. The molecule has 5 heteroatoms. The zero-order valence-electron chi connectivity index (χ0n) is 9.59. The van der Waals surface area contributed by atoms with Crippen LogP contribution in [0.1, 0.15) is 12.8 Å². The summed E-state index contributed by atoms with van der Waals surface area (Å²) in [6.07, 6.45) is 0.641. The molecule has 0 amide bonds. The minimum atomic E-state index is -0.331. The number of rotatable bonds is 7. The van der Waals surface area contributed by atoms with Crippen LogP contribution >= 0.6 is 0 Å². The molecule has 1 aromatic carbocycles. The highest BCUT2D eigenvalue weighted by Gasteiger charge is 2.03. The fraction of sp³-hybridized carbons (Fsp3) is 0.417. The van der Waals surface area contributed by atoms with E-state index in [-0.39, 0.29) is 32.2 Å². The third-order valence-corrected chi connectivity index (χ3v) is 2.00. The van der Waals surface area contributed by atoms with Crippen molar-refractivity contribution in [3.63, 3.8) is 0 Å². The van der Waals surface area contributed by atoms with Crippen molar-refractivity contribution < 1.29 is 19.4 Å². The average Bonchev–Trinajstić information content (AvgIpc) is 2.29. The topological polar surface area (TPSA) is 81.8 Å². The number of aliphatic hydroxyl groups excluding tert-OH is 1. The number of anilines is 1. The van der Waals surface area contributed by atoms with E-state index in [1.54, 1.807) is 24.3 Å². The van der Waals surface area contributed by atoms with Gasteiger partial charge in [-0.15, -0.1) is 0 Å². The maximum absolute atomic E-state index is 11.2. The molecule has 0 aliphatic rings. The summed E-state index contributed by atoms with van der Waals surface area (Å²) >= 11 is 0. The number of nitrogens with two attached hydrogens (primary N) is 1. The molecule has 0 bridgehead atoms. The maximum atomic E-state index is 11.2. The molecule has 0 saturated heterocycles. The number of nitrogen functional groups attached to an aromatic ring is 1. The first-order valence-corrected chi connectivity index (χ1v) is 5.47. The van der Waals surface area contributed by atoms with Crippen LogP contribution in [0.3, 0.4) is 0 Å². The van der Waals surface area contributed by atoms with Crippen LogP contribution in [0.4, 0.5) is 5.69 Å². The Labute approximate surface area is 100 Å². The van der Waals surface area contributed by atoms with Gasteiger partial charge in [0.25, 0.3) is 0 Å². The van der Waals surface area contributed by atoms with Gasteiger partial charge in [-0.1, -0.05) is 6.07 Å². The van der Waals surface area contributed by atoms with Crippen molar-refractivity contribution in [3.8, 4) is 5.75 Å². The van der Waals surface area contributed by atoms with E-state index in [4.69, 9.17) is 20.3 Å². The van der Waals surface area contributed by atoms with Crippen LogP contribution in [0.15, 0.2) is 24.3 Å². The van der Waals surface area contributed by atoms with E-state index >= 15 is 0 Å². The van der Waals surface area contributed by atoms with E-state index in [1.165, 1.54) is 0 Å². The van der Waals surface area contributed by atoms with E-state index < -0.39 is 0 Å². The van der Waals surface area contributed by atoms with Crippen LogP contribution < -0.4 is 10.5 Å². The van der Waals surface area contributed by atoms with Gasteiger partial charge in [-0.3, -0.25) is 4.79 Å². The van der Waals surface area contributed by atoms with Crippen molar-refractivity contribution in [1.29, 1.82) is 0 Å². The van der Waals surface area contributed by atoms with E-state index in [9.17, 15) is 4.79 Å². The molecule has 0 radical (unpaired) electrons. The lowest BCUT2D eigenvalue weighted by Gasteiger charge is -2.06. The normalized spacial score (nSPS) is 9.94. The highest BCUT2D eigenvalue weighted by molar-refractivity contribution is 5.69. The number of esters is 1. The van der Waals surface area contributed by atoms with Gasteiger partial charge in [0, 0.05) is 24.8 Å². The third kappa shape index (κ3) is 5.77. The second-order valence-corrected chi connectivity index (χ2v) is 3.47. The molecule has 1 aromatic rings. The zero-order valence-corrected chi connectivity index (χ0v) is 9.59. The summed E-state index contributed by atoms with van der Waals surface area (Å²) in [4.78, 5) is 11.2. The van der Waals surface area contributed by atoms with E-state index in [2.05, 4.69) is 0 Å². The van der Waals surface area contributed by atoms with Gasteiger partial charge in [-0.05, 0) is 12.1 Å². The second-order valence-electron chi connectivity index (χ2n) is 3.47. The fourth-order valence-corrected chi connectivity index (χ4v) is 1.18. The molecule has 0 aromatic heterocycles. The van der Waals surface area contributed by atoms with Crippen LogP contribution in [0, 0.1) is 0 Å². The van der Waals surface area contributed by atoms with Crippen molar-refractivity contribution in [3.05, 3.63) is 24.3 Å². The molecule has 3 N–H and O–H groups in total. The lowest BCUT2D eigenvalue weighted by Crippen LogP contribution is -2.11. The van der Waals surface area contributed by atoms with Crippen LogP contribution in [-0.4, -0.2) is 30.9 Å². The van der Waals surface area contributed by atoms with E-state index in [0.29, 0.717) is 17.9 Å². The van der Waals surface area contributed by atoms with Crippen molar-refractivity contribution >= 4 is 11.7 Å². The molecule has 0 heterocycles. The first-order chi connectivity index (χ1) is 8.22. The lowest BCUT2D eigenvalue weighted by atomic mass is 10.3. The molecule has 0 spiro atoms. The molecule has 0 fully saturated rings. The maximum Gasteiger partial charge on any atom is 0.309 e. The number of aliphatic hydroxyl groups is 1. The van der Waals surface area contributed by atoms with Gasteiger partial charge in [-0.2, -0.15) is 0 Å². The van der Waals surface area contributed by atoms with Crippen LogP contribution in [0.2, 0.25) is 0 Å². The Morgan fingerprint density at radius 3 is 2.88 bits per heavy atom. The van der Waals surface area contributed by atoms with E-state index in [1.807, 2.05) is 0 Å².